The lowest BCUT2D eigenvalue weighted by atomic mass is 10.2. The summed E-state index contributed by atoms with van der Waals surface area (Å²) in [4.78, 5) is 19.5. The second-order valence-corrected chi connectivity index (χ2v) is 3.63. The van der Waals surface area contributed by atoms with Crippen LogP contribution >= 0.6 is 0 Å². The van der Waals surface area contributed by atoms with Gasteiger partial charge in [-0.2, -0.15) is 0 Å². The SMILES string of the molecule is CC(O)CCCCO.O=C(O)C(O)C(O)C(=O)O. The number of carbonyl (C=O) groups is 2. The molecule has 0 radical (unpaired) electrons. The molecule has 0 fully saturated rings. The fourth-order valence-corrected chi connectivity index (χ4v) is 0.822. The molecular formula is C10H20O8. The average molecular weight is 268 g/mol. The lowest BCUT2D eigenvalue weighted by Crippen LogP contribution is -2.39. The first kappa shape index (κ1) is 19.1. The maximum Gasteiger partial charge on any atom is 0.335 e. The highest BCUT2D eigenvalue weighted by Crippen LogP contribution is 1.97. The Morgan fingerprint density at radius 1 is 0.944 bits per heavy atom. The Morgan fingerprint density at radius 3 is 1.56 bits per heavy atom. The smallest absolute Gasteiger partial charge is 0.335 e. The molecule has 0 rings (SSSR count). The maximum absolute atomic E-state index is 9.77. The van der Waals surface area contributed by atoms with Gasteiger partial charge in [0.05, 0.1) is 6.10 Å². The molecule has 0 bridgehead atoms. The van der Waals surface area contributed by atoms with Gasteiger partial charge in [0.2, 0.25) is 0 Å². The first-order valence-electron chi connectivity index (χ1n) is 5.34. The highest BCUT2D eigenvalue weighted by atomic mass is 16.4. The largest absolute Gasteiger partial charge is 0.479 e. The zero-order chi connectivity index (χ0) is 14.7. The predicted molar refractivity (Wildman–Crippen MR) is 59.9 cm³/mol. The Hall–Kier alpha value is -1.22. The summed E-state index contributed by atoms with van der Waals surface area (Å²) in [6.07, 6.45) is -2.20. The Labute approximate surface area is 104 Å². The fourth-order valence-electron chi connectivity index (χ4n) is 0.822. The van der Waals surface area contributed by atoms with E-state index in [1.807, 2.05) is 0 Å². The van der Waals surface area contributed by atoms with Crippen LogP contribution in [0.2, 0.25) is 0 Å². The van der Waals surface area contributed by atoms with Crippen molar-refractivity contribution in [3.8, 4) is 0 Å². The topological polar surface area (TPSA) is 156 Å². The van der Waals surface area contributed by atoms with Gasteiger partial charge >= 0.3 is 11.9 Å². The molecule has 6 N–H and O–H groups in total. The molecule has 0 aliphatic heterocycles. The van der Waals surface area contributed by atoms with Gasteiger partial charge in [0.15, 0.2) is 12.2 Å². The van der Waals surface area contributed by atoms with Crippen LogP contribution in [0.25, 0.3) is 0 Å². The lowest BCUT2D eigenvalue weighted by Gasteiger charge is -2.07. The van der Waals surface area contributed by atoms with Crippen molar-refractivity contribution in [2.24, 2.45) is 0 Å². The molecule has 0 heterocycles. The first-order valence-corrected chi connectivity index (χ1v) is 5.34. The Morgan fingerprint density at radius 2 is 1.33 bits per heavy atom. The van der Waals surface area contributed by atoms with Gasteiger partial charge in [0.25, 0.3) is 0 Å². The number of carboxylic acids is 2. The first-order chi connectivity index (χ1) is 8.23. The van der Waals surface area contributed by atoms with Crippen LogP contribution in [-0.2, 0) is 9.59 Å². The molecule has 8 heteroatoms. The molecule has 3 atom stereocenters. The Balaban J connectivity index is 0. The minimum absolute atomic E-state index is 0.207. The number of hydrogen-bond acceptors (Lipinski definition) is 6. The van der Waals surface area contributed by atoms with Gasteiger partial charge < -0.3 is 30.6 Å². The third-order valence-corrected chi connectivity index (χ3v) is 1.84. The number of aliphatic carboxylic acids is 2. The molecule has 0 saturated carbocycles. The van der Waals surface area contributed by atoms with E-state index in [2.05, 4.69) is 0 Å². The van der Waals surface area contributed by atoms with Crippen LogP contribution in [0.15, 0.2) is 0 Å². The molecule has 0 aromatic rings. The Kier molecular flexibility index (Phi) is 11.6. The van der Waals surface area contributed by atoms with Gasteiger partial charge in [-0.25, -0.2) is 9.59 Å². The number of carboxylic acid groups (broad SMARTS) is 2. The van der Waals surface area contributed by atoms with Crippen molar-refractivity contribution >= 4 is 11.9 Å². The van der Waals surface area contributed by atoms with Crippen LogP contribution in [-0.4, -0.2) is 67.5 Å². The molecule has 0 aromatic heterocycles. The zero-order valence-electron chi connectivity index (χ0n) is 10.1. The second-order valence-electron chi connectivity index (χ2n) is 3.63. The highest BCUT2D eigenvalue weighted by molar-refractivity contribution is 5.83. The third-order valence-electron chi connectivity index (χ3n) is 1.84. The molecule has 0 saturated heterocycles. The summed E-state index contributed by atoms with van der Waals surface area (Å²) in [5, 5.41) is 49.5. The van der Waals surface area contributed by atoms with E-state index in [9.17, 15) is 9.59 Å². The van der Waals surface area contributed by atoms with Crippen LogP contribution in [0.3, 0.4) is 0 Å². The molecule has 0 aliphatic carbocycles. The van der Waals surface area contributed by atoms with Gasteiger partial charge in [-0.05, 0) is 26.2 Å². The van der Waals surface area contributed by atoms with E-state index in [-0.39, 0.29) is 12.7 Å². The molecule has 0 aliphatic rings. The van der Waals surface area contributed by atoms with Crippen molar-refractivity contribution in [2.75, 3.05) is 6.61 Å². The predicted octanol–water partition coefficient (Wildman–Crippen LogP) is -1.59. The number of aliphatic hydroxyl groups is 4. The van der Waals surface area contributed by atoms with E-state index in [0.717, 1.165) is 19.3 Å². The van der Waals surface area contributed by atoms with Gasteiger partial charge in [-0.1, -0.05) is 0 Å². The molecule has 0 aromatic carbocycles. The van der Waals surface area contributed by atoms with Crippen molar-refractivity contribution < 1.29 is 40.2 Å². The standard InChI is InChI=1S/C6H14O2.C4H6O6/c1-6(8)4-2-3-5-7;5-1(3(7)8)2(6)4(9)10/h6-8H,2-5H2,1H3;1-2,5-6H,(H,7,8)(H,9,10). The van der Waals surface area contributed by atoms with Crippen LogP contribution < -0.4 is 0 Å². The molecule has 3 unspecified atom stereocenters. The zero-order valence-corrected chi connectivity index (χ0v) is 10.1. The van der Waals surface area contributed by atoms with E-state index in [0.29, 0.717) is 0 Å². The average Bonchev–Trinajstić information content (AvgIpc) is 2.27. The molecule has 0 spiro atoms. The van der Waals surface area contributed by atoms with Crippen molar-refractivity contribution in [1.82, 2.24) is 0 Å². The van der Waals surface area contributed by atoms with Gasteiger partial charge in [0, 0.05) is 6.61 Å². The van der Waals surface area contributed by atoms with E-state index >= 15 is 0 Å². The maximum atomic E-state index is 9.77. The van der Waals surface area contributed by atoms with Crippen molar-refractivity contribution in [3.63, 3.8) is 0 Å². The minimum Gasteiger partial charge on any atom is -0.479 e. The number of unbranched alkanes of at least 4 members (excludes halogenated alkanes) is 1. The highest BCUT2D eigenvalue weighted by Gasteiger charge is 2.29. The summed E-state index contributed by atoms with van der Waals surface area (Å²) in [6, 6.07) is 0. The number of aliphatic hydroxyl groups excluding tert-OH is 4. The van der Waals surface area contributed by atoms with E-state index in [1.165, 1.54) is 0 Å². The monoisotopic (exact) mass is 268 g/mol. The van der Waals surface area contributed by atoms with Crippen LogP contribution in [0, 0.1) is 0 Å². The van der Waals surface area contributed by atoms with E-state index in [4.69, 9.17) is 30.6 Å². The van der Waals surface area contributed by atoms with Gasteiger partial charge in [-0.3, -0.25) is 0 Å². The van der Waals surface area contributed by atoms with Crippen LogP contribution in [0.5, 0.6) is 0 Å². The van der Waals surface area contributed by atoms with E-state index < -0.39 is 24.1 Å². The van der Waals surface area contributed by atoms with Gasteiger partial charge in [0.1, 0.15) is 0 Å². The summed E-state index contributed by atoms with van der Waals surface area (Å²) in [7, 11) is 0. The summed E-state index contributed by atoms with van der Waals surface area (Å²) >= 11 is 0. The van der Waals surface area contributed by atoms with Crippen molar-refractivity contribution in [3.05, 3.63) is 0 Å². The second kappa shape index (κ2) is 10.9. The van der Waals surface area contributed by atoms with Crippen molar-refractivity contribution in [2.45, 2.75) is 44.5 Å². The molecular weight excluding hydrogens is 248 g/mol. The van der Waals surface area contributed by atoms with E-state index in [1.54, 1.807) is 6.92 Å². The quantitative estimate of drug-likeness (QED) is 0.302. The molecule has 8 nitrogen and oxygen atoms in total. The van der Waals surface area contributed by atoms with Crippen molar-refractivity contribution in [1.29, 1.82) is 0 Å². The third kappa shape index (κ3) is 11.3. The van der Waals surface area contributed by atoms with Crippen LogP contribution in [0.1, 0.15) is 26.2 Å². The molecule has 0 amide bonds. The molecule has 108 valence electrons. The fraction of sp³-hybridized carbons (Fsp3) is 0.800. The summed E-state index contributed by atoms with van der Waals surface area (Å²) in [6.45, 7) is 2.00. The lowest BCUT2D eigenvalue weighted by molar-refractivity contribution is -0.165. The van der Waals surface area contributed by atoms with Crippen LogP contribution in [0.4, 0.5) is 0 Å². The summed E-state index contributed by atoms with van der Waals surface area (Å²) < 4.78 is 0. The summed E-state index contributed by atoms with van der Waals surface area (Å²) in [5.41, 5.74) is 0. The summed E-state index contributed by atoms with van der Waals surface area (Å²) in [5.74, 6) is -3.54. The van der Waals surface area contributed by atoms with Gasteiger partial charge in [-0.15, -0.1) is 0 Å². The number of rotatable bonds is 7. The Bertz CT molecular complexity index is 222. The number of hydrogen-bond donors (Lipinski definition) is 6. The minimum atomic E-state index is -2.27. The molecule has 18 heavy (non-hydrogen) atoms. The normalized spacial score (nSPS) is 14.9.